The first-order chi connectivity index (χ1) is 12.1. The van der Waals surface area contributed by atoms with Crippen molar-refractivity contribution in [1.82, 2.24) is 19.7 Å². The highest BCUT2D eigenvalue weighted by Gasteiger charge is 2.29. The van der Waals surface area contributed by atoms with E-state index in [1.807, 2.05) is 37.2 Å². The van der Waals surface area contributed by atoms with Crippen LogP contribution in [0.25, 0.3) is 10.9 Å². The standard InChI is InChI=1S/C20H24N4O/c1-13-11-21-22-19(13)15-7-6-10-24(12-15)20(25)18-14(2)23(3)17-9-5-4-8-16(17)18/h4-5,8-9,11,15H,6-7,10,12H2,1-3H3,(H,21,22)/t15-/m0/s1. The fourth-order valence-corrected chi connectivity index (χ4v) is 4.12. The van der Waals surface area contributed by atoms with Gasteiger partial charge in [0.15, 0.2) is 0 Å². The molecule has 0 aliphatic carbocycles. The van der Waals surface area contributed by atoms with Crippen molar-refractivity contribution < 1.29 is 4.79 Å². The minimum Gasteiger partial charge on any atom is -0.347 e. The maximum atomic E-state index is 13.3. The van der Waals surface area contributed by atoms with Crippen molar-refractivity contribution in [2.24, 2.45) is 7.05 Å². The van der Waals surface area contributed by atoms with Gasteiger partial charge in [0.2, 0.25) is 0 Å². The zero-order valence-corrected chi connectivity index (χ0v) is 15.0. The Morgan fingerprint density at radius 1 is 1.28 bits per heavy atom. The van der Waals surface area contributed by atoms with E-state index in [-0.39, 0.29) is 5.91 Å². The quantitative estimate of drug-likeness (QED) is 0.778. The van der Waals surface area contributed by atoms with Gasteiger partial charge < -0.3 is 9.47 Å². The summed E-state index contributed by atoms with van der Waals surface area (Å²) in [5.41, 5.74) is 5.35. The average molecular weight is 336 g/mol. The van der Waals surface area contributed by atoms with Crippen LogP contribution in [0.4, 0.5) is 0 Å². The monoisotopic (exact) mass is 336 g/mol. The van der Waals surface area contributed by atoms with E-state index >= 15 is 0 Å². The molecule has 5 nitrogen and oxygen atoms in total. The lowest BCUT2D eigenvalue weighted by Crippen LogP contribution is -2.39. The van der Waals surface area contributed by atoms with E-state index in [1.165, 1.54) is 11.3 Å². The molecule has 1 aliphatic rings. The van der Waals surface area contributed by atoms with E-state index in [4.69, 9.17) is 0 Å². The van der Waals surface area contributed by atoms with E-state index in [0.29, 0.717) is 5.92 Å². The molecule has 1 amide bonds. The maximum absolute atomic E-state index is 13.3. The summed E-state index contributed by atoms with van der Waals surface area (Å²) in [6, 6.07) is 8.15. The van der Waals surface area contributed by atoms with Gasteiger partial charge in [-0.2, -0.15) is 5.10 Å². The smallest absolute Gasteiger partial charge is 0.256 e. The van der Waals surface area contributed by atoms with Crippen molar-refractivity contribution in [2.75, 3.05) is 13.1 Å². The summed E-state index contributed by atoms with van der Waals surface area (Å²) in [7, 11) is 2.03. The molecular formula is C20H24N4O. The summed E-state index contributed by atoms with van der Waals surface area (Å²) in [5.74, 6) is 0.492. The van der Waals surface area contributed by atoms with Crippen LogP contribution < -0.4 is 0 Å². The van der Waals surface area contributed by atoms with Crippen molar-refractivity contribution in [3.8, 4) is 0 Å². The minimum atomic E-state index is 0.149. The van der Waals surface area contributed by atoms with Gasteiger partial charge in [-0.25, -0.2) is 0 Å². The first kappa shape index (κ1) is 15.9. The number of amides is 1. The molecule has 1 saturated heterocycles. The zero-order chi connectivity index (χ0) is 17.6. The molecule has 3 heterocycles. The van der Waals surface area contributed by atoms with Gasteiger partial charge in [0.1, 0.15) is 0 Å². The number of piperidine rings is 1. The van der Waals surface area contributed by atoms with Crippen LogP contribution in [-0.4, -0.2) is 38.7 Å². The number of carbonyl (C=O) groups excluding carboxylic acids is 1. The first-order valence-corrected chi connectivity index (χ1v) is 8.91. The Morgan fingerprint density at radius 2 is 2.08 bits per heavy atom. The topological polar surface area (TPSA) is 53.9 Å². The number of fused-ring (bicyclic) bond motifs is 1. The fraction of sp³-hybridized carbons (Fsp3) is 0.400. The molecule has 1 aromatic carbocycles. The SMILES string of the molecule is Cc1cn[nH]c1[C@H]1CCCN(C(=O)c2c(C)n(C)c3ccccc23)C1. The third-order valence-electron chi connectivity index (χ3n) is 5.60. The molecule has 0 unspecified atom stereocenters. The highest BCUT2D eigenvalue weighted by Crippen LogP contribution is 2.31. The number of para-hydroxylation sites is 1. The molecule has 0 spiro atoms. The van der Waals surface area contributed by atoms with Crippen molar-refractivity contribution in [3.05, 3.63) is 53.0 Å². The lowest BCUT2D eigenvalue weighted by atomic mass is 9.92. The molecule has 2 aromatic heterocycles. The van der Waals surface area contributed by atoms with Gasteiger partial charge in [-0.3, -0.25) is 9.89 Å². The van der Waals surface area contributed by atoms with E-state index in [1.54, 1.807) is 0 Å². The molecular weight excluding hydrogens is 312 g/mol. The summed E-state index contributed by atoms with van der Waals surface area (Å²) in [5, 5.41) is 8.33. The molecule has 4 rings (SSSR count). The highest BCUT2D eigenvalue weighted by atomic mass is 16.2. The summed E-state index contributed by atoms with van der Waals surface area (Å²) in [6.45, 7) is 5.69. The Hall–Kier alpha value is -2.56. The zero-order valence-electron chi connectivity index (χ0n) is 15.0. The molecule has 1 fully saturated rings. The molecule has 130 valence electrons. The molecule has 1 N–H and O–H groups in total. The minimum absolute atomic E-state index is 0.149. The lowest BCUT2D eigenvalue weighted by molar-refractivity contribution is 0.0706. The summed E-state index contributed by atoms with van der Waals surface area (Å²) >= 11 is 0. The number of H-pyrrole nitrogens is 1. The third kappa shape index (κ3) is 2.54. The molecule has 1 atom stereocenters. The number of rotatable bonds is 2. The van der Waals surface area contributed by atoms with Crippen LogP contribution in [0.5, 0.6) is 0 Å². The average Bonchev–Trinajstić information content (AvgIpc) is 3.17. The van der Waals surface area contributed by atoms with Gasteiger partial charge in [-0.1, -0.05) is 18.2 Å². The van der Waals surface area contributed by atoms with E-state index < -0.39 is 0 Å². The number of carbonyl (C=O) groups is 1. The molecule has 3 aromatic rings. The molecule has 1 aliphatic heterocycles. The third-order valence-corrected chi connectivity index (χ3v) is 5.60. The van der Waals surface area contributed by atoms with E-state index in [2.05, 4.69) is 33.8 Å². The Labute approximate surface area is 147 Å². The predicted octanol–water partition coefficient (Wildman–Crippen LogP) is 3.54. The number of nitrogens with one attached hydrogen (secondary N) is 1. The van der Waals surface area contributed by atoms with Crippen LogP contribution in [-0.2, 0) is 7.05 Å². The van der Waals surface area contributed by atoms with E-state index in [0.717, 1.165) is 48.1 Å². The van der Waals surface area contributed by atoms with Gasteiger partial charge in [0.05, 0.1) is 11.8 Å². The molecule has 0 saturated carbocycles. The number of aryl methyl sites for hydroxylation is 2. The molecule has 5 heteroatoms. The second kappa shape index (κ2) is 6.06. The van der Waals surface area contributed by atoms with Crippen molar-refractivity contribution in [3.63, 3.8) is 0 Å². The number of aromatic nitrogens is 3. The second-order valence-electron chi connectivity index (χ2n) is 7.09. The van der Waals surface area contributed by atoms with Crippen LogP contribution in [0.15, 0.2) is 30.5 Å². The summed E-state index contributed by atoms with van der Waals surface area (Å²) in [6.07, 6.45) is 3.99. The summed E-state index contributed by atoms with van der Waals surface area (Å²) in [4.78, 5) is 15.4. The highest BCUT2D eigenvalue weighted by molar-refractivity contribution is 6.08. The fourth-order valence-electron chi connectivity index (χ4n) is 4.12. The van der Waals surface area contributed by atoms with E-state index in [9.17, 15) is 4.79 Å². The number of benzene rings is 1. The Bertz CT molecular complexity index is 936. The van der Waals surface area contributed by atoms with Crippen LogP contribution in [0.3, 0.4) is 0 Å². The van der Waals surface area contributed by atoms with Gasteiger partial charge in [0.25, 0.3) is 5.91 Å². The number of nitrogens with zero attached hydrogens (tertiary/aromatic N) is 3. The van der Waals surface area contributed by atoms with Crippen LogP contribution in [0.1, 0.15) is 46.1 Å². The molecule has 0 bridgehead atoms. The first-order valence-electron chi connectivity index (χ1n) is 8.91. The molecule has 25 heavy (non-hydrogen) atoms. The Morgan fingerprint density at radius 3 is 2.84 bits per heavy atom. The Kier molecular flexibility index (Phi) is 3.86. The van der Waals surface area contributed by atoms with Gasteiger partial charge in [0, 0.05) is 48.3 Å². The van der Waals surface area contributed by atoms with Crippen LogP contribution >= 0.6 is 0 Å². The summed E-state index contributed by atoms with van der Waals surface area (Å²) < 4.78 is 2.11. The number of hydrogen-bond acceptors (Lipinski definition) is 2. The number of hydrogen-bond donors (Lipinski definition) is 1. The largest absolute Gasteiger partial charge is 0.347 e. The van der Waals surface area contributed by atoms with Crippen LogP contribution in [0.2, 0.25) is 0 Å². The second-order valence-corrected chi connectivity index (χ2v) is 7.09. The Balaban J connectivity index is 1.67. The van der Waals surface area contributed by atoms with Crippen molar-refractivity contribution in [1.29, 1.82) is 0 Å². The van der Waals surface area contributed by atoms with Crippen molar-refractivity contribution >= 4 is 16.8 Å². The lowest BCUT2D eigenvalue weighted by Gasteiger charge is -2.32. The van der Waals surface area contributed by atoms with Gasteiger partial charge >= 0.3 is 0 Å². The van der Waals surface area contributed by atoms with Gasteiger partial charge in [-0.05, 0) is 38.3 Å². The van der Waals surface area contributed by atoms with Gasteiger partial charge in [-0.15, -0.1) is 0 Å². The van der Waals surface area contributed by atoms with Crippen LogP contribution in [0, 0.1) is 13.8 Å². The predicted molar refractivity (Wildman–Crippen MR) is 98.9 cm³/mol. The molecule has 0 radical (unpaired) electrons. The normalized spacial score (nSPS) is 18.0. The number of aromatic amines is 1. The maximum Gasteiger partial charge on any atom is 0.256 e. The van der Waals surface area contributed by atoms with Crippen molar-refractivity contribution in [2.45, 2.75) is 32.6 Å². The number of likely N-dealkylation sites (tertiary alicyclic amines) is 1.